The number of pyridine rings is 3. The van der Waals surface area contributed by atoms with Crippen molar-refractivity contribution in [1.82, 2.24) is 20.3 Å². The molecule has 40 heavy (non-hydrogen) atoms. The van der Waals surface area contributed by atoms with Gasteiger partial charge < -0.3 is 15.0 Å². The number of benzene rings is 1. The van der Waals surface area contributed by atoms with Crippen LogP contribution in [-0.4, -0.2) is 48.2 Å². The zero-order chi connectivity index (χ0) is 27.3. The summed E-state index contributed by atoms with van der Waals surface area (Å²) in [6, 6.07) is 12.9. The first-order valence-electron chi connectivity index (χ1n) is 13.7. The highest BCUT2D eigenvalue weighted by Gasteiger charge is 2.27. The van der Waals surface area contributed by atoms with E-state index in [-0.39, 0.29) is 41.9 Å². The smallest absolute Gasteiger partial charge is 0.251 e. The van der Waals surface area contributed by atoms with E-state index >= 15 is 0 Å². The number of ether oxygens (including phenoxy) is 1. The molecule has 1 amide bonds. The number of anilines is 2. The van der Waals surface area contributed by atoms with Crippen LogP contribution in [0.2, 0.25) is 0 Å². The number of hydrogen-bond donors (Lipinski definition) is 1. The number of aryl methyl sites for hydroxylation is 1. The zero-order valence-electron chi connectivity index (χ0n) is 22.0. The Hall–Kier alpha value is -3.89. The number of carbonyl (C=O) groups is 1. The molecule has 0 saturated heterocycles. The van der Waals surface area contributed by atoms with E-state index in [1.54, 1.807) is 18.3 Å². The van der Waals surface area contributed by atoms with E-state index in [0.717, 1.165) is 41.9 Å². The first-order valence-corrected chi connectivity index (χ1v) is 15.3. The second kappa shape index (κ2) is 9.94. The summed E-state index contributed by atoms with van der Waals surface area (Å²) in [7, 11) is -3.50. The highest BCUT2D eigenvalue weighted by Crippen LogP contribution is 2.42. The molecule has 1 saturated carbocycles. The number of sulfone groups is 1. The Kier molecular flexibility index (Phi) is 6.24. The van der Waals surface area contributed by atoms with E-state index in [0.29, 0.717) is 17.2 Å². The van der Waals surface area contributed by atoms with Crippen LogP contribution in [-0.2, 0) is 34.1 Å². The maximum Gasteiger partial charge on any atom is 0.251 e. The lowest BCUT2D eigenvalue weighted by atomic mass is 10.0. The normalized spacial score (nSPS) is 18.1. The van der Waals surface area contributed by atoms with Gasteiger partial charge in [-0.2, -0.15) is 0 Å². The maximum absolute atomic E-state index is 12.9. The van der Waals surface area contributed by atoms with Crippen LogP contribution in [0.4, 0.5) is 11.6 Å². The van der Waals surface area contributed by atoms with Gasteiger partial charge in [-0.15, -0.1) is 0 Å². The predicted molar refractivity (Wildman–Crippen MR) is 150 cm³/mol. The van der Waals surface area contributed by atoms with E-state index in [1.807, 2.05) is 24.4 Å². The Labute approximate surface area is 232 Å². The van der Waals surface area contributed by atoms with Gasteiger partial charge >= 0.3 is 0 Å². The molecule has 0 atom stereocenters. The van der Waals surface area contributed by atoms with Crippen LogP contribution in [0.3, 0.4) is 0 Å². The third-order valence-electron chi connectivity index (χ3n) is 7.84. The molecular weight excluding hydrogens is 526 g/mol. The molecule has 10 heteroatoms. The van der Waals surface area contributed by atoms with Gasteiger partial charge in [-0.25, -0.2) is 18.4 Å². The van der Waals surface area contributed by atoms with Gasteiger partial charge in [0.1, 0.15) is 11.6 Å². The molecule has 7 rings (SSSR count). The monoisotopic (exact) mass is 555 g/mol. The molecule has 9 nitrogen and oxygen atoms in total. The fourth-order valence-electron chi connectivity index (χ4n) is 5.48. The van der Waals surface area contributed by atoms with E-state index in [2.05, 4.69) is 21.3 Å². The molecule has 4 aromatic rings. The van der Waals surface area contributed by atoms with E-state index < -0.39 is 9.84 Å². The summed E-state index contributed by atoms with van der Waals surface area (Å²) in [6.07, 6.45) is 8.38. The third kappa shape index (κ3) is 4.82. The molecule has 0 unspecified atom stereocenters. The van der Waals surface area contributed by atoms with E-state index in [4.69, 9.17) is 14.7 Å². The minimum atomic E-state index is -3.50. The van der Waals surface area contributed by atoms with E-state index in [9.17, 15) is 13.2 Å². The Balaban J connectivity index is 1.10. The number of nitrogens with one attached hydrogen (secondary N) is 1. The topological polar surface area (TPSA) is 114 Å². The number of nitrogens with zero attached hydrogens (tertiary/aromatic N) is 4. The predicted octanol–water partition coefficient (Wildman–Crippen LogP) is 4.22. The van der Waals surface area contributed by atoms with Gasteiger partial charge in [-0.1, -0.05) is 12.1 Å². The Morgan fingerprint density at radius 1 is 1.05 bits per heavy atom. The number of aromatic nitrogens is 3. The molecule has 5 heterocycles. The molecule has 0 radical (unpaired) electrons. The highest BCUT2D eigenvalue weighted by atomic mass is 32.2. The van der Waals surface area contributed by atoms with Crippen LogP contribution in [0.5, 0.6) is 0 Å². The van der Waals surface area contributed by atoms with Crippen LogP contribution in [0.1, 0.15) is 57.9 Å². The van der Waals surface area contributed by atoms with Crippen molar-refractivity contribution in [3.63, 3.8) is 0 Å². The van der Waals surface area contributed by atoms with Crippen LogP contribution in [0, 0.1) is 0 Å². The van der Waals surface area contributed by atoms with Gasteiger partial charge in [0.2, 0.25) is 0 Å². The summed E-state index contributed by atoms with van der Waals surface area (Å²) in [6.45, 7) is 1.40. The number of fused-ring (bicyclic) bond motifs is 3. The lowest BCUT2D eigenvalue weighted by Gasteiger charge is -2.29. The zero-order valence-corrected chi connectivity index (χ0v) is 22.8. The summed E-state index contributed by atoms with van der Waals surface area (Å²) in [5.41, 5.74) is 4.94. The van der Waals surface area contributed by atoms with Crippen molar-refractivity contribution >= 4 is 38.3 Å². The van der Waals surface area contributed by atoms with Gasteiger partial charge in [0, 0.05) is 29.9 Å². The number of carbonyl (C=O) groups excluding carboxylic acids is 1. The van der Waals surface area contributed by atoms with Crippen molar-refractivity contribution in [3.8, 4) is 0 Å². The fourth-order valence-corrected chi connectivity index (χ4v) is 6.87. The standard InChI is InChI=1S/C30H29N5O4S/c36-30(21-5-6-23-18-39-10-11-40(37,38)27(23)13-21)33-17-25-14-26-22(15-31-25)7-8-28(34-26)35-9-1-2-20-12-24(19-3-4-19)16-32-29(20)35/h5-8,12-16,19H,1-4,9-11,17-18H2,(H,33,36). The average molecular weight is 556 g/mol. The van der Waals surface area contributed by atoms with Gasteiger partial charge in [0.05, 0.1) is 41.6 Å². The van der Waals surface area contributed by atoms with Crippen LogP contribution in [0.25, 0.3) is 10.9 Å². The molecule has 3 aliphatic rings. The molecule has 2 aliphatic heterocycles. The second-order valence-corrected chi connectivity index (χ2v) is 12.8. The molecule has 1 aromatic carbocycles. The highest BCUT2D eigenvalue weighted by molar-refractivity contribution is 7.91. The number of hydrogen-bond acceptors (Lipinski definition) is 8. The first-order chi connectivity index (χ1) is 19.4. The molecular formula is C30H29N5O4S. The van der Waals surface area contributed by atoms with Gasteiger partial charge in [0.15, 0.2) is 9.84 Å². The minimum absolute atomic E-state index is 0.0956. The number of rotatable bonds is 5. The van der Waals surface area contributed by atoms with E-state index in [1.165, 1.54) is 30.0 Å². The molecule has 1 fully saturated rings. The molecule has 1 N–H and O–H groups in total. The van der Waals surface area contributed by atoms with Crippen molar-refractivity contribution in [3.05, 3.63) is 82.8 Å². The van der Waals surface area contributed by atoms with Crippen LogP contribution >= 0.6 is 0 Å². The summed E-state index contributed by atoms with van der Waals surface area (Å²) >= 11 is 0. The maximum atomic E-state index is 12.9. The molecule has 204 valence electrons. The molecule has 1 aliphatic carbocycles. The first kappa shape index (κ1) is 25.1. The molecule has 0 bridgehead atoms. The van der Waals surface area contributed by atoms with Gasteiger partial charge in [-0.05, 0) is 78.6 Å². The largest absolute Gasteiger partial charge is 0.376 e. The number of amides is 1. The molecule has 3 aromatic heterocycles. The fraction of sp³-hybridized carbons (Fsp3) is 0.333. The van der Waals surface area contributed by atoms with Crippen molar-refractivity contribution < 1.29 is 17.9 Å². The third-order valence-corrected chi connectivity index (χ3v) is 9.59. The van der Waals surface area contributed by atoms with Crippen molar-refractivity contribution in [1.29, 1.82) is 0 Å². The Bertz CT molecular complexity index is 1750. The van der Waals surface area contributed by atoms with Crippen LogP contribution in [0.15, 0.2) is 59.8 Å². The van der Waals surface area contributed by atoms with Gasteiger partial charge in [-0.3, -0.25) is 9.78 Å². The lowest BCUT2D eigenvalue weighted by Crippen LogP contribution is -2.26. The van der Waals surface area contributed by atoms with Crippen molar-refractivity contribution in [2.75, 3.05) is 23.8 Å². The minimum Gasteiger partial charge on any atom is -0.376 e. The summed E-state index contributed by atoms with van der Waals surface area (Å²) < 4.78 is 30.6. The second-order valence-electron chi connectivity index (χ2n) is 10.7. The van der Waals surface area contributed by atoms with Crippen molar-refractivity contribution in [2.45, 2.75) is 49.6 Å². The van der Waals surface area contributed by atoms with Crippen LogP contribution < -0.4 is 10.2 Å². The lowest BCUT2D eigenvalue weighted by molar-refractivity contribution is 0.0950. The van der Waals surface area contributed by atoms with Crippen molar-refractivity contribution in [2.24, 2.45) is 0 Å². The van der Waals surface area contributed by atoms with Gasteiger partial charge in [0.25, 0.3) is 5.91 Å². The summed E-state index contributed by atoms with van der Waals surface area (Å²) in [5, 5.41) is 3.77. The Morgan fingerprint density at radius 3 is 2.83 bits per heavy atom. The quantitative estimate of drug-likeness (QED) is 0.389. The summed E-state index contributed by atoms with van der Waals surface area (Å²) in [5.74, 6) is 2.04. The Morgan fingerprint density at radius 2 is 1.95 bits per heavy atom. The summed E-state index contributed by atoms with van der Waals surface area (Å²) in [4.78, 5) is 29.5. The molecule has 0 spiro atoms. The average Bonchev–Trinajstić information content (AvgIpc) is 3.84. The SMILES string of the molecule is O=C(NCc1cc2nc(N3CCCc4cc(C5CC5)cnc43)ccc2cn1)c1ccc2c(c1)S(=O)(=O)CCOC2.